The van der Waals surface area contributed by atoms with Crippen molar-refractivity contribution in [2.45, 2.75) is 77.6 Å². The van der Waals surface area contributed by atoms with E-state index in [1.54, 1.807) is 0 Å². The molecule has 1 heterocycles. The van der Waals surface area contributed by atoms with Gasteiger partial charge >= 0.3 is 0 Å². The molecule has 1 N–H and O–H groups in total. The second-order valence-electron chi connectivity index (χ2n) is 10.7. The van der Waals surface area contributed by atoms with Crippen LogP contribution in [0.15, 0.2) is 30.3 Å². The molecule has 0 aliphatic heterocycles. The fourth-order valence-electron chi connectivity index (χ4n) is 5.37. The molecule has 2 aliphatic carbocycles. The van der Waals surface area contributed by atoms with Crippen molar-refractivity contribution in [3.8, 4) is 11.4 Å². The number of aryl methyl sites for hydroxylation is 2. The van der Waals surface area contributed by atoms with E-state index in [9.17, 15) is 0 Å². The van der Waals surface area contributed by atoms with Gasteiger partial charge in [-0.15, -0.1) is 10.2 Å². The van der Waals surface area contributed by atoms with E-state index in [4.69, 9.17) is 0 Å². The number of aromatic nitrogens is 4. The molecule has 2 aromatic carbocycles. The van der Waals surface area contributed by atoms with Crippen LogP contribution in [0, 0.1) is 6.92 Å². The molecule has 160 valence electrons. The average molecular weight is 413 g/mol. The Kier molecular flexibility index (Phi) is 4.65. The fraction of sp³-hybridized carbons (Fsp3) is 0.444. The third-order valence-corrected chi connectivity index (χ3v) is 7.52. The van der Waals surface area contributed by atoms with E-state index in [-0.39, 0.29) is 10.8 Å². The minimum absolute atomic E-state index is 0.232. The molecule has 0 saturated heterocycles. The number of fused-ring (bicyclic) bond motifs is 2. The van der Waals surface area contributed by atoms with Crippen LogP contribution in [0.25, 0.3) is 23.0 Å². The lowest BCUT2D eigenvalue weighted by Crippen LogP contribution is -2.34. The number of nitrogens with one attached hydrogen (secondary N) is 1. The van der Waals surface area contributed by atoms with Crippen LogP contribution in [0.1, 0.15) is 86.8 Å². The van der Waals surface area contributed by atoms with Crippen molar-refractivity contribution < 1.29 is 0 Å². The van der Waals surface area contributed by atoms with Crippen molar-refractivity contribution in [2.75, 3.05) is 0 Å². The van der Waals surface area contributed by atoms with Crippen molar-refractivity contribution in [1.29, 1.82) is 0 Å². The predicted molar refractivity (Wildman–Crippen MR) is 127 cm³/mol. The summed E-state index contributed by atoms with van der Waals surface area (Å²) in [4.78, 5) is 0. The maximum Gasteiger partial charge on any atom is 0.204 e. The molecular formula is C27H32N4. The normalized spacial score (nSPS) is 20.4. The van der Waals surface area contributed by atoms with Crippen molar-refractivity contribution in [3.63, 3.8) is 0 Å². The van der Waals surface area contributed by atoms with Gasteiger partial charge in [-0.3, -0.25) is 0 Å². The zero-order valence-electron chi connectivity index (χ0n) is 19.3. The molecule has 0 fully saturated rings. The van der Waals surface area contributed by atoms with Gasteiger partial charge in [0.05, 0.1) is 0 Å². The summed E-state index contributed by atoms with van der Waals surface area (Å²) in [7, 11) is 0. The SMILES string of the molecule is Cc1cc2c(cc1/C=C1\CCCc3cc(-c4nn[nH]n4)ccc31)C(C)(C)CCC2(C)C. The van der Waals surface area contributed by atoms with Crippen LogP contribution in [0.4, 0.5) is 0 Å². The van der Waals surface area contributed by atoms with E-state index in [0.29, 0.717) is 5.82 Å². The van der Waals surface area contributed by atoms with Crippen LogP contribution in [0.5, 0.6) is 0 Å². The van der Waals surface area contributed by atoms with Crippen LogP contribution < -0.4 is 0 Å². The van der Waals surface area contributed by atoms with Crippen LogP contribution in [-0.4, -0.2) is 20.6 Å². The van der Waals surface area contributed by atoms with Gasteiger partial charge in [-0.1, -0.05) is 58.0 Å². The second-order valence-corrected chi connectivity index (χ2v) is 10.7. The zero-order valence-corrected chi connectivity index (χ0v) is 19.3. The van der Waals surface area contributed by atoms with Gasteiger partial charge in [-0.05, 0) is 100 Å². The Morgan fingerprint density at radius 2 is 1.68 bits per heavy atom. The van der Waals surface area contributed by atoms with Crippen molar-refractivity contribution in [1.82, 2.24) is 20.6 Å². The molecule has 0 radical (unpaired) electrons. The predicted octanol–water partition coefficient (Wildman–Crippen LogP) is 6.40. The Morgan fingerprint density at radius 3 is 2.39 bits per heavy atom. The lowest BCUT2D eigenvalue weighted by molar-refractivity contribution is 0.331. The molecule has 0 amide bonds. The minimum Gasteiger partial charge on any atom is -0.177 e. The number of hydrogen-bond donors (Lipinski definition) is 1. The third kappa shape index (κ3) is 3.52. The number of rotatable bonds is 2. The lowest BCUT2D eigenvalue weighted by atomic mass is 9.62. The van der Waals surface area contributed by atoms with E-state index in [2.05, 4.69) is 91.7 Å². The molecule has 4 nitrogen and oxygen atoms in total. The molecule has 3 aromatic rings. The highest BCUT2D eigenvalue weighted by molar-refractivity contribution is 5.85. The first-order chi connectivity index (χ1) is 14.7. The second kappa shape index (κ2) is 7.15. The zero-order chi connectivity index (χ0) is 21.8. The molecule has 4 heteroatoms. The highest BCUT2D eigenvalue weighted by Crippen LogP contribution is 2.47. The van der Waals surface area contributed by atoms with Crippen molar-refractivity contribution in [3.05, 3.63) is 63.7 Å². The van der Waals surface area contributed by atoms with Gasteiger partial charge in [0.15, 0.2) is 0 Å². The molecule has 31 heavy (non-hydrogen) atoms. The molecular weight excluding hydrogens is 380 g/mol. The molecule has 0 saturated carbocycles. The largest absolute Gasteiger partial charge is 0.204 e. The topological polar surface area (TPSA) is 54.5 Å². The Hall–Kier alpha value is -2.75. The van der Waals surface area contributed by atoms with Crippen LogP contribution in [0.2, 0.25) is 0 Å². The Morgan fingerprint density at radius 1 is 0.935 bits per heavy atom. The lowest BCUT2D eigenvalue weighted by Gasteiger charge is -2.42. The quantitative estimate of drug-likeness (QED) is 0.530. The van der Waals surface area contributed by atoms with Gasteiger partial charge in [0.25, 0.3) is 0 Å². The Labute approximate surface area is 185 Å². The average Bonchev–Trinajstić information content (AvgIpc) is 3.27. The molecule has 1 aromatic heterocycles. The van der Waals surface area contributed by atoms with Gasteiger partial charge in [-0.2, -0.15) is 5.21 Å². The van der Waals surface area contributed by atoms with Gasteiger partial charge in [-0.25, -0.2) is 0 Å². The molecule has 0 bridgehead atoms. The molecule has 0 spiro atoms. The highest BCUT2D eigenvalue weighted by atomic mass is 15.5. The number of aromatic amines is 1. The number of tetrazole rings is 1. The highest BCUT2D eigenvalue weighted by Gasteiger charge is 2.37. The van der Waals surface area contributed by atoms with Crippen molar-refractivity contribution >= 4 is 11.6 Å². The number of hydrogen-bond acceptors (Lipinski definition) is 3. The third-order valence-electron chi connectivity index (χ3n) is 7.52. The number of nitrogens with zero attached hydrogens (tertiary/aromatic N) is 3. The maximum atomic E-state index is 4.14. The van der Waals surface area contributed by atoms with E-state index in [0.717, 1.165) is 18.4 Å². The van der Waals surface area contributed by atoms with Crippen molar-refractivity contribution in [2.24, 2.45) is 0 Å². The Balaban J connectivity index is 1.58. The number of allylic oxidation sites excluding steroid dienone is 1. The van der Waals surface area contributed by atoms with Gasteiger partial charge < -0.3 is 0 Å². The fourth-order valence-corrected chi connectivity index (χ4v) is 5.37. The first kappa shape index (κ1) is 20.2. The summed E-state index contributed by atoms with van der Waals surface area (Å²) >= 11 is 0. The van der Waals surface area contributed by atoms with E-state index in [1.165, 1.54) is 58.2 Å². The summed E-state index contributed by atoms with van der Waals surface area (Å²) < 4.78 is 0. The summed E-state index contributed by atoms with van der Waals surface area (Å²) in [6, 6.07) is 11.5. The van der Waals surface area contributed by atoms with Gasteiger partial charge in [0, 0.05) is 5.56 Å². The monoisotopic (exact) mass is 412 g/mol. The standard InChI is InChI=1S/C27H32N4/c1-17-13-23-24(27(4,5)12-11-26(23,2)3)16-21(17)15-19-8-6-7-18-14-20(9-10-22(18)19)25-28-30-31-29-25/h9-10,13-16H,6-8,11-12H2,1-5H3,(H,28,29,30,31)/b19-15+. The molecule has 5 rings (SSSR count). The summed E-state index contributed by atoms with van der Waals surface area (Å²) in [5, 5.41) is 14.5. The minimum atomic E-state index is 0.232. The van der Waals surface area contributed by atoms with E-state index < -0.39 is 0 Å². The first-order valence-electron chi connectivity index (χ1n) is 11.5. The summed E-state index contributed by atoms with van der Waals surface area (Å²) in [5.41, 5.74) is 11.5. The van der Waals surface area contributed by atoms with E-state index in [1.807, 2.05) is 0 Å². The summed E-state index contributed by atoms with van der Waals surface area (Å²) in [5.74, 6) is 0.661. The molecule has 0 unspecified atom stereocenters. The van der Waals surface area contributed by atoms with Crippen LogP contribution in [-0.2, 0) is 17.3 Å². The van der Waals surface area contributed by atoms with E-state index >= 15 is 0 Å². The summed E-state index contributed by atoms with van der Waals surface area (Å²) in [6.07, 6.45) is 8.34. The van der Waals surface area contributed by atoms with Gasteiger partial charge in [0.1, 0.15) is 0 Å². The first-order valence-corrected chi connectivity index (χ1v) is 11.5. The van der Waals surface area contributed by atoms with Gasteiger partial charge in [0.2, 0.25) is 5.82 Å². The summed E-state index contributed by atoms with van der Waals surface area (Å²) in [6.45, 7) is 11.9. The smallest absolute Gasteiger partial charge is 0.177 e. The number of benzene rings is 2. The van der Waals surface area contributed by atoms with Crippen LogP contribution in [0.3, 0.4) is 0 Å². The van der Waals surface area contributed by atoms with Crippen LogP contribution >= 0.6 is 0 Å². The molecule has 0 atom stereocenters. The Bertz CT molecular complexity index is 1170. The maximum absolute atomic E-state index is 4.14. The number of H-pyrrole nitrogens is 1. The molecule has 2 aliphatic rings.